The van der Waals surface area contributed by atoms with Crippen molar-refractivity contribution in [2.24, 2.45) is 10.8 Å². The van der Waals surface area contributed by atoms with Crippen LogP contribution in [0.4, 0.5) is 0 Å². The molecular weight excluding hydrogens is 200 g/mol. The Morgan fingerprint density at radius 3 is 2.38 bits per heavy atom. The molecule has 1 unspecified atom stereocenters. The maximum atomic E-state index is 12.2. The van der Waals surface area contributed by atoms with Crippen molar-refractivity contribution in [1.82, 2.24) is 0 Å². The van der Waals surface area contributed by atoms with Crippen molar-refractivity contribution in [1.29, 1.82) is 0 Å². The highest BCUT2D eigenvalue weighted by atomic mass is 16.6. The van der Waals surface area contributed by atoms with E-state index in [0.29, 0.717) is 5.41 Å². The lowest BCUT2D eigenvalue weighted by molar-refractivity contribution is -0.174. The van der Waals surface area contributed by atoms with Crippen molar-refractivity contribution in [3.8, 4) is 0 Å². The topological polar surface area (TPSA) is 26.3 Å². The number of carbonyl (C=O) groups is 1. The van der Waals surface area contributed by atoms with E-state index in [1.54, 1.807) is 0 Å². The number of esters is 1. The Bertz CT molecular complexity index is 302. The van der Waals surface area contributed by atoms with E-state index in [1.165, 1.54) is 25.7 Å². The Labute approximate surface area is 98.7 Å². The van der Waals surface area contributed by atoms with Crippen LogP contribution in [0.5, 0.6) is 0 Å². The number of ether oxygens (including phenoxy) is 1. The lowest BCUT2D eigenvalue weighted by Gasteiger charge is -2.35. The zero-order chi connectivity index (χ0) is 12.0. The van der Waals surface area contributed by atoms with E-state index in [0.717, 1.165) is 12.8 Å². The largest absolute Gasteiger partial charge is 0.458 e. The molecule has 0 heterocycles. The maximum Gasteiger partial charge on any atom is 0.312 e. The van der Waals surface area contributed by atoms with Crippen LogP contribution in [0.1, 0.15) is 66.2 Å². The van der Waals surface area contributed by atoms with E-state index >= 15 is 0 Å². The summed E-state index contributed by atoms with van der Waals surface area (Å²) >= 11 is 0. The number of rotatable bonds is 3. The van der Waals surface area contributed by atoms with Gasteiger partial charge in [-0.1, -0.05) is 6.92 Å². The van der Waals surface area contributed by atoms with Gasteiger partial charge in [-0.15, -0.1) is 0 Å². The molecule has 2 fully saturated rings. The quantitative estimate of drug-likeness (QED) is 0.683. The summed E-state index contributed by atoms with van der Waals surface area (Å²) in [4.78, 5) is 12.2. The van der Waals surface area contributed by atoms with Crippen LogP contribution in [0, 0.1) is 10.8 Å². The van der Waals surface area contributed by atoms with Crippen LogP contribution in [-0.4, -0.2) is 11.6 Å². The van der Waals surface area contributed by atoms with Crippen molar-refractivity contribution in [2.45, 2.75) is 71.8 Å². The first-order valence-corrected chi connectivity index (χ1v) is 6.59. The molecule has 0 aromatic carbocycles. The van der Waals surface area contributed by atoms with E-state index < -0.39 is 0 Å². The van der Waals surface area contributed by atoms with E-state index in [2.05, 4.69) is 6.92 Å². The third-order valence-electron chi connectivity index (χ3n) is 5.04. The normalized spacial score (nSPS) is 31.8. The fraction of sp³-hybridized carbons (Fsp3) is 0.929. The second kappa shape index (κ2) is 3.48. The van der Waals surface area contributed by atoms with Crippen molar-refractivity contribution < 1.29 is 9.53 Å². The molecule has 0 N–H and O–H groups in total. The highest BCUT2D eigenvalue weighted by Gasteiger charge is 2.62. The predicted octanol–water partition coefficient (Wildman–Crippen LogP) is 3.69. The van der Waals surface area contributed by atoms with E-state index in [4.69, 9.17) is 4.74 Å². The summed E-state index contributed by atoms with van der Waals surface area (Å²) < 4.78 is 5.89. The fourth-order valence-corrected chi connectivity index (χ4v) is 2.87. The number of carbonyl (C=O) groups excluding carboxylic acids is 1. The minimum atomic E-state index is -0.332. The molecule has 0 aliphatic heterocycles. The summed E-state index contributed by atoms with van der Waals surface area (Å²) in [5, 5.41) is 0. The van der Waals surface area contributed by atoms with Crippen LogP contribution >= 0.6 is 0 Å². The molecule has 2 saturated carbocycles. The molecule has 2 heteroatoms. The Morgan fingerprint density at radius 2 is 1.88 bits per heavy atom. The minimum absolute atomic E-state index is 0.00863. The first kappa shape index (κ1) is 11.9. The van der Waals surface area contributed by atoms with Gasteiger partial charge in [0.25, 0.3) is 0 Å². The summed E-state index contributed by atoms with van der Waals surface area (Å²) in [6, 6.07) is 0. The van der Waals surface area contributed by atoms with Crippen LogP contribution in [0.2, 0.25) is 0 Å². The minimum Gasteiger partial charge on any atom is -0.458 e. The maximum absolute atomic E-state index is 12.2. The predicted molar refractivity (Wildman–Crippen MR) is 64.1 cm³/mol. The molecule has 1 spiro atoms. The Balaban J connectivity index is 2.07. The lowest BCUT2D eigenvalue weighted by Crippen LogP contribution is -2.41. The van der Waals surface area contributed by atoms with Gasteiger partial charge in [0.05, 0.1) is 5.41 Å². The number of hydrogen-bond donors (Lipinski definition) is 0. The van der Waals surface area contributed by atoms with Gasteiger partial charge < -0.3 is 4.74 Å². The third kappa shape index (κ3) is 1.66. The fourth-order valence-electron chi connectivity index (χ4n) is 2.87. The SMILES string of the molecule is CCC(C)(C)C(=O)OC1(C)CCCC12CC2. The van der Waals surface area contributed by atoms with Gasteiger partial charge in [0.1, 0.15) is 5.60 Å². The van der Waals surface area contributed by atoms with Crippen LogP contribution < -0.4 is 0 Å². The van der Waals surface area contributed by atoms with E-state index in [9.17, 15) is 4.79 Å². The summed E-state index contributed by atoms with van der Waals surface area (Å²) in [5.74, 6) is -0.00863. The second-order valence-corrected chi connectivity index (χ2v) is 6.49. The van der Waals surface area contributed by atoms with Gasteiger partial charge >= 0.3 is 5.97 Å². The van der Waals surface area contributed by atoms with Gasteiger partial charge in [-0.2, -0.15) is 0 Å². The zero-order valence-corrected chi connectivity index (χ0v) is 11.1. The molecule has 0 aromatic heterocycles. The smallest absolute Gasteiger partial charge is 0.312 e. The molecule has 0 saturated heterocycles. The molecular formula is C14H24O2. The zero-order valence-electron chi connectivity index (χ0n) is 11.1. The van der Waals surface area contributed by atoms with Crippen molar-refractivity contribution in [3.63, 3.8) is 0 Å². The highest BCUT2D eigenvalue weighted by molar-refractivity contribution is 5.76. The first-order valence-electron chi connectivity index (χ1n) is 6.59. The average Bonchev–Trinajstić information content (AvgIpc) is 2.92. The highest BCUT2D eigenvalue weighted by Crippen LogP contribution is 2.64. The molecule has 1 atom stereocenters. The first-order chi connectivity index (χ1) is 7.35. The van der Waals surface area contributed by atoms with Crippen LogP contribution in [-0.2, 0) is 9.53 Å². The van der Waals surface area contributed by atoms with Crippen LogP contribution in [0.25, 0.3) is 0 Å². The molecule has 92 valence electrons. The van der Waals surface area contributed by atoms with Gasteiger partial charge in [-0.25, -0.2) is 0 Å². The molecule has 2 aliphatic carbocycles. The van der Waals surface area contributed by atoms with Crippen molar-refractivity contribution >= 4 is 5.97 Å². The molecule has 0 bridgehead atoms. The van der Waals surface area contributed by atoms with Crippen molar-refractivity contribution in [2.75, 3.05) is 0 Å². The molecule has 2 aliphatic rings. The summed E-state index contributed by atoms with van der Waals surface area (Å²) in [7, 11) is 0. The van der Waals surface area contributed by atoms with Gasteiger partial charge in [-0.3, -0.25) is 4.79 Å². The van der Waals surface area contributed by atoms with Crippen molar-refractivity contribution in [3.05, 3.63) is 0 Å². The molecule has 2 nitrogen and oxygen atoms in total. The monoisotopic (exact) mass is 224 g/mol. The molecule has 0 amide bonds. The summed E-state index contributed by atoms with van der Waals surface area (Å²) in [6.07, 6.45) is 6.87. The van der Waals surface area contributed by atoms with Gasteiger partial charge in [0.2, 0.25) is 0 Å². The Morgan fingerprint density at radius 1 is 1.25 bits per heavy atom. The third-order valence-corrected chi connectivity index (χ3v) is 5.04. The molecule has 0 radical (unpaired) electrons. The van der Waals surface area contributed by atoms with E-state index in [-0.39, 0.29) is 17.0 Å². The lowest BCUT2D eigenvalue weighted by atomic mass is 9.87. The molecule has 2 rings (SSSR count). The molecule has 0 aromatic rings. The van der Waals surface area contributed by atoms with Gasteiger partial charge in [0.15, 0.2) is 0 Å². The van der Waals surface area contributed by atoms with Crippen LogP contribution in [0.3, 0.4) is 0 Å². The summed E-state index contributed by atoms with van der Waals surface area (Å²) in [5.41, 5.74) is -0.148. The second-order valence-electron chi connectivity index (χ2n) is 6.49. The summed E-state index contributed by atoms with van der Waals surface area (Å²) in [6.45, 7) is 8.15. The van der Waals surface area contributed by atoms with Gasteiger partial charge in [-0.05, 0) is 59.3 Å². The van der Waals surface area contributed by atoms with Crippen LogP contribution in [0.15, 0.2) is 0 Å². The van der Waals surface area contributed by atoms with E-state index in [1.807, 2.05) is 20.8 Å². The number of hydrogen-bond acceptors (Lipinski definition) is 2. The molecule has 16 heavy (non-hydrogen) atoms. The average molecular weight is 224 g/mol. The standard InChI is InChI=1S/C14H24O2/c1-5-12(2,3)11(15)16-13(4)7-6-8-14(13)9-10-14/h5-10H2,1-4H3. The Kier molecular flexibility index (Phi) is 2.60. The Hall–Kier alpha value is -0.530. The van der Waals surface area contributed by atoms with Gasteiger partial charge in [0, 0.05) is 5.41 Å².